The summed E-state index contributed by atoms with van der Waals surface area (Å²) in [5, 5.41) is 0. The van der Waals surface area contributed by atoms with Gasteiger partial charge in [0, 0.05) is 6.54 Å². The van der Waals surface area contributed by atoms with E-state index in [1.807, 2.05) is 43.0 Å². The van der Waals surface area contributed by atoms with E-state index < -0.39 is 0 Å². The molecule has 0 bridgehead atoms. The molecule has 21 heavy (non-hydrogen) atoms. The van der Waals surface area contributed by atoms with Gasteiger partial charge >= 0.3 is 0 Å². The molecule has 2 rings (SSSR count). The van der Waals surface area contributed by atoms with Gasteiger partial charge in [-0.2, -0.15) is 0 Å². The fourth-order valence-corrected chi connectivity index (χ4v) is 3.24. The average molecular weight is 324 g/mol. The highest BCUT2D eigenvalue weighted by Gasteiger charge is 2.22. The topological polar surface area (TPSA) is 29.5 Å². The van der Waals surface area contributed by atoms with Gasteiger partial charge in [-0.25, -0.2) is 0 Å². The number of carbonyl (C=O) groups is 1. The van der Waals surface area contributed by atoms with Crippen LogP contribution >= 0.6 is 22.9 Å². The van der Waals surface area contributed by atoms with Gasteiger partial charge in [0.25, 0.3) is 5.91 Å². The van der Waals surface area contributed by atoms with Crippen LogP contribution in [0, 0.1) is 0 Å². The predicted octanol–water partition coefficient (Wildman–Crippen LogP) is 4.63. The number of carbonyl (C=O) groups excluding carboxylic acids is 1. The Balaban J connectivity index is 2.25. The number of benzene rings is 1. The van der Waals surface area contributed by atoms with Crippen molar-refractivity contribution in [1.29, 1.82) is 0 Å². The second-order valence-electron chi connectivity index (χ2n) is 4.65. The van der Waals surface area contributed by atoms with Crippen molar-refractivity contribution in [3.63, 3.8) is 0 Å². The molecule has 0 fully saturated rings. The molecule has 0 N–H and O–H groups in total. The van der Waals surface area contributed by atoms with E-state index in [0.717, 1.165) is 11.3 Å². The van der Waals surface area contributed by atoms with Crippen LogP contribution < -0.4 is 4.74 Å². The largest absolute Gasteiger partial charge is 0.497 e. The molecule has 0 radical (unpaired) electrons. The van der Waals surface area contributed by atoms with Crippen LogP contribution in [0.1, 0.15) is 35.1 Å². The lowest BCUT2D eigenvalue weighted by molar-refractivity contribution is 0.0707. The molecule has 0 aliphatic rings. The number of amides is 1. The van der Waals surface area contributed by atoms with Crippen molar-refractivity contribution >= 4 is 28.8 Å². The van der Waals surface area contributed by atoms with Gasteiger partial charge in [0.1, 0.15) is 5.75 Å². The maximum absolute atomic E-state index is 12.6. The number of hydrogen-bond acceptors (Lipinski definition) is 3. The Morgan fingerprint density at radius 3 is 2.71 bits per heavy atom. The Morgan fingerprint density at radius 2 is 2.14 bits per heavy atom. The molecule has 3 nitrogen and oxygen atoms in total. The molecule has 112 valence electrons. The Labute approximate surface area is 134 Å². The van der Waals surface area contributed by atoms with Crippen molar-refractivity contribution in [3.05, 3.63) is 51.2 Å². The first kappa shape index (κ1) is 15.9. The summed E-state index contributed by atoms with van der Waals surface area (Å²) in [6.45, 7) is 4.63. The van der Waals surface area contributed by atoms with E-state index in [1.54, 1.807) is 19.2 Å². The molecule has 1 unspecified atom stereocenters. The molecule has 0 saturated carbocycles. The number of rotatable bonds is 5. The maximum atomic E-state index is 12.6. The van der Waals surface area contributed by atoms with Crippen molar-refractivity contribution < 1.29 is 9.53 Å². The van der Waals surface area contributed by atoms with Crippen molar-refractivity contribution in [2.24, 2.45) is 0 Å². The fourth-order valence-electron chi connectivity index (χ4n) is 2.25. The molecule has 0 aliphatic heterocycles. The molecule has 1 atom stereocenters. The zero-order chi connectivity index (χ0) is 15.4. The Bertz CT molecular complexity index is 626. The van der Waals surface area contributed by atoms with Gasteiger partial charge in [-0.05, 0) is 43.7 Å². The summed E-state index contributed by atoms with van der Waals surface area (Å²) in [5.41, 5.74) is 1.05. The van der Waals surface area contributed by atoms with E-state index in [2.05, 4.69) is 0 Å². The third-order valence-corrected chi connectivity index (χ3v) is 4.65. The SMILES string of the molecule is CCN(C(=O)c1ccc(Cl)s1)C(C)c1cccc(OC)c1. The summed E-state index contributed by atoms with van der Waals surface area (Å²) < 4.78 is 5.88. The second kappa shape index (κ2) is 6.96. The minimum atomic E-state index is -0.0292. The van der Waals surface area contributed by atoms with Crippen LogP contribution in [0.3, 0.4) is 0 Å². The van der Waals surface area contributed by atoms with Crippen molar-refractivity contribution in [1.82, 2.24) is 4.90 Å². The van der Waals surface area contributed by atoms with Crippen molar-refractivity contribution in [2.75, 3.05) is 13.7 Å². The number of methoxy groups -OCH3 is 1. The summed E-state index contributed by atoms with van der Waals surface area (Å²) >= 11 is 7.23. The number of hydrogen-bond donors (Lipinski definition) is 0. The van der Waals surface area contributed by atoms with Gasteiger partial charge in [-0.15, -0.1) is 11.3 Å². The highest BCUT2D eigenvalue weighted by atomic mass is 35.5. The molecule has 2 aromatic rings. The van der Waals surface area contributed by atoms with Crippen LogP contribution in [0.15, 0.2) is 36.4 Å². The third kappa shape index (κ3) is 3.57. The molecule has 0 spiro atoms. The number of ether oxygens (including phenoxy) is 1. The number of nitrogens with zero attached hydrogens (tertiary/aromatic N) is 1. The lowest BCUT2D eigenvalue weighted by Gasteiger charge is -2.28. The van der Waals surface area contributed by atoms with Crippen molar-refractivity contribution in [3.8, 4) is 5.75 Å². The fraction of sp³-hybridized carbons (Fsp3) is 0.312. The van der Waals surface area contributed by atoms with Crippen LogP contribution in [0.4, 0.5) is 0 Å². The Hall–Kier alpha value is -1.52. The minimum absolute atomic E-state index is 0.00437. The normalized spacial score (nSPS) is 12.0. The summed E-state index contributed by atoms with van der Waals surface area (Å²) in [6.07, 6.45) is 0. The molecular formula is C16H18ClNO2S. The quantitative estimate of drug-likeness (QED) is 0.802. The second-order valence-corrected chi connectivity index (χ2v) is 6.36. The molecule has 5 heteroatoms. The first-order chi connectivity index (χ1) is 10.1. The van der Waals surface area contributed by atoms with E-state index in [4.69, 9.17) is 16.3 Å². The van der Waals surface area contributed by atoms with Crippen LogP contribution in [-0.4, -0.2) is 24.5 Å². The summed E-state index contributed by atoms with van der Waals surface area (Å²) in [6, 6.07) is 11.3. The molecular weight excluding hydrogens is 306 g/mol. The molecule has 1 heterocycles. The zero-order valence-corrected chi connectivity index (χ0v) is 13.9. The van der Waals surface area contributed by atoms with Gasteiger partial charge in [0.15, 0.2) is 0 Å². The minimum Gasteiger partial charge on any atom is -0.497 e. The van der Waals surface area contributed by atoms with Crippen molar-refractivity contribution in [2.45, 2.75) is 19.9 Å². The first-order valence-electron chi connectivity index (χ1n) is 6.77. The zero-order valence-electron chi connectivity index (χ0n) is 12.3. The highest BCUT2D eigenvalue weighted by molar-refractivity contribution is 7.17. The van der Waals surface area contributed by atoms with Gasteiger partial charge in [0.2, 0.25) is 0 Å². The van der Waals surface area contributed by atoms with Crippen LogP contribution in [0.25, 0.3) is 0 Å². The smallest absolute Gasteiger partial charge is 0.264 e. The number of thiophene rings is 1. The van der Waals surface area contributed by atoms with E-state index >= 15 is 0 Å². The van der Waals surface area contributed by atoms with E-state index in [9.17, 15) is 4.79 Å². The summed E-state index contributed by atoms with van der Waals surface area (Å²) in [7, 11) is 1.64. The summed E-state index contributed by atoms with van der Waals surface area (Å²) in [5.74, 6) is 0.798. The van der Waals surface area contributed by atoms with Gasteiger partial charge in [-0.3, -0.25) is 4.79 Å². The molecule has 0 saturated heterocycles. The van der Waals surface area contributed by atoms with Crippen LogP contribution in [0.2, 0.25) is 4.34 Å². The highest BCUT2D eigenvalue weighted by Crippen LogP contribution is 2.28. The number of halogens is 1. The lowest BCUT2D eigenvalue weighted by atomic mass is 10.1. The molecule has 1 aromatic carbocycles. The Kier molecular flexibility index (Phi) is 5.26. The standard InChI is InChI=1S/C16H18ClNO2S/c1-4-18(16(19)14-8-9-15(17)21-14)11(2)12-6-5-7-13(10-12)20-3/h5-11H,4H2,1-3H3. The lowest BCUT2D eigenvalue weighted by Crippen LogP contribution is -2.32. The van der Waals surface area contributed by atoms with E-state index in [-0.39, 0.29) is 11.9 Å². The van der Waals surface area contributed by atoms with Crippen LogP contribution in [0.5, 0.6) is 5.75 Å². The maximum Gasteiger partial charge on any atom is 0.264 e. The van der Waals surface area contributed by atoms with Gasteiger partial charge in [0.05, 0.1) is 22.4 Å². The van der Waals surface area contributed by atoms with Gasteiger partial charge in [-0.1, -0.05) is 23.7 Å². The first-order valence-corrected chi connectivity index (χ1v) is 7.96. The molecule has 1 aromatic heterocycles. The third-order valence-electron chi connectivity index (χ3n) is 3.43. The monoisotopic (exact) mass is 323 g/mol. The Morgan fingerprint density at radius 1 is 1.38 bits per heavy atom. The van der Waals surface area contributed by atoms with Crippen LogP contribution in [-0.2, 0) is 0 Å². The average Bonchev–Trinajstić information content (AvgIpc) is 2.94. The summed E-state index contributed by atoms with van der Waals surface area (Å²) in [4.78, 5) is 15.1. The van der Waals surface area contributed by atoms with Gasteiger partial charge < -0.3 is 9.64 Å². The predicted molar refractivity (Wildman–Crippen MR) is 87.4 cm³/mol. The molecule has 1 amide bonds. The van der Waals surface area contributed by atoms with E-state index in [0.29, 0.717) is 15.8 Å². The molecule has 0 aliphatic carbocycles. The van der Waals surface area contributed by atoms with E-state index in [1.165, 1.54) is 11.3 Å².